The fourth-order valence-electron chi connectivity index (χ4n) is 5.15. The molecule has 0 aromatic rings. The second kappa shape index (κ2) is 4.69. The molecule has 2 atom stereocenters. The van der Waals surface area contributed by atoms with Gasteiger partial charge in [0.2, 0.25) is 0 Å². The van der Waals surface area contributed by atoms with Crippen LogP contribution in [-0.4, -0.2) is 28.1 Å². The van der Waals surface area contributed by atoms with Crippen LogP contribution < -0.4 is 0 Å². The monoisotopic (exact) mass is 296 g/mol. The first-order chi connectivity index (χ1) is 9.70. The molecule has 4 heteroatoms. The summed E-state index contributed by atoms with van der Waals surface area (Å²) in [6, 6.07) is 0. The predicted octanol–water partition coefficient (Wildman–Crippen LogP) is 2.62. The van der Waals surface area contributed by atoms with Crippen LogP contribution in [0, 0.1) is 22.7 Å². The highest BCUT2D eigenvalue weighted by atomic mass is 16.6. The van der Waals surface area contributed by atoms with Crippen molar-refractivity contribution in [2.45, 2.75) is 77.6 Å². The minimum absolute atomic E-state index is 0.130. The normalized spacial score (nSPS) is 41.6. The van der Waals surface area contributed by atoms with Crippen LogP contribution in [0.3, 0.4) is 0 Å². The standard InChI is InChI=1S/C17H28O4/c1-4-15(2,3)14(20)21-17-8-11-5-12(9-17)7-16(6-11,10-17)13(18)19/h11-13,18-19H,4-10H2,1-3H3. The molecule has 0 amide bonds. The topological polar surface area (TPSA) is 66.8 Å². The largest absolute Gasteiger partial charge is 0.459 e. The predicted molar refractivity (Wildman–Crippen MR) is 78.2 cm³/mol. The van der Waals surface area contributed by atoms with Crippen molar-refractivity contribution in [1.29, 1.82) is 0 Å². The van der Waals surface area contributed by atoms with E-state index in [1.807, 2.05) is 20.8 Å². The second-order valence-electron chi connectivity index (χ2n) is 8.51. The molecule has 4 nitrogen and oxygen atoms in total. The van der Waals surface area contributed by atoms with Crippen LogP contribution in [-0.2, 0) is 9.53 Å². The first-order valence-corrected chi connectivity index (χ1v) is 8.30. The third-order valence-electron chi connectivity index (χ3n) is 6.35. The Morgan fingerprint density at radius 1 is 1.24 bits per heavy atom. The molecule has 0 aliphatic heterocycles. The Balaban J connectivity index is 1.83. The Morgan fingerprint density at radius 3 is 2.29 bits per heavy atom. The third-order valence-corrected chi connectivity index (χ3v) is 6.35. The average molecular weight is 296 g/mol. The Labute approximate surface area is 126 Å². The summed E-state index contributed by atoms with van der Waals surface area (Å²) in [4.78, 5) is 12.5. The molecule has 0 spiro atoms. The summed E-state index contributed by atoms with van der Waals surface area (Å²) in [6.45, 7) is 5.85. The highest BCUT2D eigenvalue weighted by Crippen LogP contribution is 2.63. The van der Waals surface area contributed by atoms with Gasteiger partial charge in [0.05, 0.1) is 5.41 Å². The van der Waals surface area contributed by atoms with Gasteiger partial charge in [-0.05, 0) is 70.6 Å². The Morgan fingerprint density at radius 2 is 1.81 bits per heavy atom. The quantitative estimate of drug-likeness (QED) is 0.618. The van der Waals surface area contributed by atoms with Gasteiger partial charge < -0.3 is 14.9 Å². The fraction of sp³-hybridized carbons (Fsp3) is 0.941. The number of ether oxygens (including phenoxy) is 1. The summed E-state index contributed by atoms with van der Waals surface area (Å²) in [5.41, 5.74) is -1.35. The third kappa shape index (κ3) is 2.40. The van der Waals surface area contributed by atoms with Crippen molar-refractivity contribution in [3.05, 3.63) is 0 Å². The van der Waals surface area contributed by atoms with Gasteiger partial charge in [0.15, 0.2) is 6.29 Å². The van der Waals surface area contributed by atoms with Gasteiger partial charge in [0.25, 0.3) is 0 Å². The molecule has 4 rings (SSSR count). The maximum Gasteiger partial charge on any atom is 0.312 e. The molecule has 120 valence electrons. The average Bonchev–Trinajstić information content (AvgIpc) is 2.36. The van der Waals surface area contributed by atoms with Gasteiger partial charge in [-0.25, -0.2) is 0 Å². The van der Waals surface area contributed by atoms with Crippen molar-refractivity contribution in [3.63, 3.8) is 0 Å². The van der Waals surface area contributed by atoms with Crippen LogP contribution in [0.5, 0.6) is 0 Å². The molecule has 0 saturated heterocycles. The molecular formula is C17H28O4. The van der Waals surface area contributed by atoms with Crippen molar-refractivity contribution >= 4 is 5.97 Å². The smallest absolute Gasteiger partial charge is 0.312 e. The Kier molecular flexibility index (Phi) is 3.42. The van der Waals surface area contributed by atoms with Gasteiger partial charge in [-0.1, -0.05) is 6.92 Å². The maximum atomic E-state index is 12.5. The zero-order valence-electron chi connectivity index (χ0n) is 13.4. The minimum atomic E-state index is -1.29. The van der Waals surface area contributed by atoms with E-state index in [9.17, 15) is 15.0 Å². The van der Waals surface area contributed by atoms with E-state index in [1.54, 1.807) is 0 Å². The Hall–Kier alpha value is -0.610. The van der Waals surface area contributed by atoms with Gasteiger partial charge in [0.1, 0.15) is 5.60 Å². The number of hydrogen-bond acceptors (Lipinski definition) is 4. The molecule has 0 heterocycles. The van der Waals surface area contributed by atoms with E-state index in [1.165, 1.54) is 0 Å². The van der Waals surface area contributed by atoms with Gasteiger partial charge in [0, 0.05) is 5.41 Å². The van der Waals surface area contributed by atoms with Gasteiger partial charge in [-0.15, -0.1) is 0 Å². The zero-order chi connectivity index (χ0) is 15.5. The van der Waals surface area contributed by atoms with E-state index >= 15 is 0 Å². The summed E-state index contributed by atoms with van der Waals surface area (Å²) in [6.07, 6.45) is 4.80. The number of rotatable bonds is 4. The highest BCUT2D eigenvalue weighted by Gasteiger charge is 2.62. The van der Waals surface area contributed by atoms with Gasteiger partial charge in [-0.2, -0.15) is 0 Å². The molecule has 2 N–H and O–H groups in total. The molecule has 0 radical (unpaired) electrons. The first kappa shape index (κ1) is 15.3. The van der Waals surface area contributed by atoms with E-state index in [4.69, 9.17) is 4.74 Å². The van der Waals surface area contributed by atoms with Crippen molar-refractivity contribution in [2.75, 3.05) is 0 Å². The fourth-order valence-corrected chi connectivity index (χ4v) is 5.15. The zero-order valence-corrected chi connectivity index (χ0v) is 13.4. The molecule has 4 saturated carbocycles. The van der Waals surface area contributed by atoms with Crippen LogP contribution in [0.15, 0.2) is 0 Å². The van der Waals surface area contributed by atoms with Gasteiger partial charge in [-0.3, -0.25) is 4.79 Å². The van der Waals surface area contributed by atoms with E-state index in [0.29, 0.717) is 18.3 Å². The van der Waals surface area contributed by atoms with Crippen molar-refractivity contribution < 1.29 is 19.7 Å². The second-order valence-corrected chi connectivity index (χ2v) is 8.51. The lowest BCUT2D eigenvalue weighted by Gasteiger charge is -2.61. The summed E-state index contributed by atoms with van der Waals surface area (Å²) < 4.78 is 6.02. The van der Waals surface area contributed by atoms with E-state index in [2.05, 4.69) is 0 Å². The molecule has 21 heavy (non-hydrogen) atoms. The number of esters is 1. The first-order valence-electron chi connectivity index (χ1n) is 8.30. The minimum Gasteiger partial charge on any atom is -0.459 e. The summed E-state index contributed by atoms with van der Waals surface area (Å²) in [7, 11) is 0. The number of carbonyl (C=O) groups is 1. The molecule has 4 aliphatic rings. The lowest BCUT2D eigenvalue weighted by molar-refractivity contribution is -0.254. The van der Waals surface area contributed by atoms with E-state index < -0.39 is 22.7 Å². The molecular weight excluding hydrogens is 268 g/mol. The van der Waals surface area contributed by atoms with Crippen molar-refractivity contribution in [1.82, 2.24) is 0 Å². The van der Waals surface area contributed by atoms with Crippen molar-refractivity contribution in [3.8, 4) is 0 Å². The van der Waals surface area contributed by atoms with Crippen LogP contribution in [0.25, 0.3) is 0 Å². The summed E-state index contributed by atoms with van der Waals surface area (Å²) in [5.74, 6) is 0.825. The number of carbonyl (C=O) groups excluding carboxylic acids is 1. The van der Waals surface area contributed by atoms with Crippen LogP contribution in [0.2, 0.25) is 0 Å². The van der Waals surface area contributed by atoms with Crippen LogP contribution >= 0.6 is 0 Å². The number of aliphatic hydroxyl groups is 2. The van der Waals surface area contributed by atoms with Crippen molar-refractivity contribution in [2.24, 2.45) is 22.7 Å². The Bertz CT molecular complexity index is 426. The van der Waals surface area contributed by atoms with Crippen LogP contribution in [0.1, 0.15) is 65.7 Å². The lowest BCUT2D eigenvalue weighted by Crippen LogP contribution is -2.61. The highest BCUT2D eigenvalue weighted by molar-refractivity contribution is 5.76. The molecule has 4 fully saturated rings. The molecule has 0 aromatic heterocycles. The molecule has 4 bridgehead atoms. The number of hydrogen-bond donors (Lipinski definition) is 2. The molecule has 4 aliphatic carbocycles. The lowest BCUT2D eigenvalue weighted by atomic mass is 9.47. The summed E-state index contributed by atoms with van der Waals surface area (Å²) >= 11 is 0. The van der Waals surface area contributed by atoms with Gasteiger partial charge >= 0.3 is 5.97 Å². The molecule has 0 aromatic carbocycles. The number of aliphatic hydroxyl groups excluding tert-OH is 1. The molecule has 2 unspecified atom stereocenters. The SMILES string of the molecule is CCC(C)(C)C(=O)OC12CC3CC(C1)CC(C(O)O)(C3)C2. The van der Waals surface area contributed by atoms with E-state index in [-0.39, 0.29) is 5.97 Å². The van der Waals surface area contributed by atoms with Crippen LogP contribution in [0.4, 0.5) is 0 Å². The van der Waals surface area contributed by atoms with E-state index in [0.717, 1.165) is 38.5 Å². The maximum absolute atomic E-state index is 12.5. The summed E-state index contributed by atoms with van der Waals surface area (Å²) in [5, 5.41) is 19.8.